The third-order valence-electron chi connectivity index (χ3n) is 25.7. The SMILES string of the molecule is c1ccc(-c2ccc3ccc4ccc(-c5ccc6c(c5)nc(-c5ccccc5)c5cc7c(cc56)Sc5ccccc5C75c6ccccc6-c6ccccc65)nc4c3n2)cc1.c1ccc(-c2nc(-c3ccccc3)nc(-c3ccc(-c4ccc5c(c4)nc(-c4ccccc4)c4cc6c(cc45)Sc4ccccc4C64c5ccccc5-c5ccccc54)cc3)n2)cc1. The average molecular weight is 1610 g/mol. The number of benzene rings is 17. The van der Waals surface area contributed by atoms with E-state index in [2.05, 4.69) is 352 Å². The predicted octanol–water partition coefficient (Wildman–Crippen LogP) is 29.0. The zero-order chi connectivity index (χ0) is 81.6. The highest BCUT2D eigenvalue weighted by Gasteiger charge is 2.52. The van der Waals surface area contributed by atoms with Crippen LogP contribution < -0.4 is 0 Å². The van der Waals surface area contributed by atoms with Crippen molar-refractivity contribution < 1.29 is 0 Å². The summed E-state index contributed by atoms with van der Waals surface area (Å²) >= 11 is 3.76. The zero-order valence-corrected chi connectivity index (χ0v) is 68.4. The van der Waals surface area contributed by atoms with Crippen LogP contribution in [0.5, 0.6) is 0 Å². The Morgan fingerprint density at radius 3 is 0.911 bits per heavy atom. The zero-order valence-electron chi connectivity index (χ0n) is 66.8. The molecular weight excluding hydrogens is 1540 g/mol. The smallest absolute Gasteiger partial charge is 0.164 e. The maximum Gasteiger partial charge on any atom is 0.164 e. The van der Waals surface area contributed by atoms with E-state index in [1.165, 1.54) is 97.1 Å². The molecule has 0 saturated heterocycles. The van der Waals surface area contributed by atoms with Crippen molar-refractivity contribution in [1.82, 2.24) is 34.9 Å². The van der Waals surface area contributed by atoms with Crippen LogP contribution in [0.15, 0.2) is 438 Å². The number of aromatic nitrogens is 7. The van der Waals surface area contributed by atoms with Crippen LogP contribution in [0.2, 0.25) is 0 Å². The molecule has 0 N–H and O–H groups in total. The number of hydrogen-bond donors (Lipinski definition) is 0. The van der Waals surface area contributed by atoms with Crippen molar-refractivity contribution in [2.24, 2.45) is 0 Å². The van der Waals surface area contributed by atoms with Crippen molar-refractivity contribution in [3.05, 3.63) is 463 Å². The molecule has 2 spiro atoms. The summed E-state index contributed by atoms with van der Waals surface area (Å²) in [5.74, 6) is 1.92. The number of pyridine rings is 4. The van der Waals surface area contributed by atoms with E-state index in [9.17, 15) is 0 Å². The van der Waals surface area contributed by atoms with Crippen LogP contribution in [0, 0.1) is 0 Å². The topological polar surface area (TPSA) is 90.2 Å². The number of rotatable bonds is 8. The fraction of sp³-hybridized carbons (Fsp3) is 0.0174. The highest BCUT2D eigenvalue weighted by Crippen LogP contribution is 2.65. The Bertz CT molecular complexity index is 8020. The molecular formula is C115H69N7S2. The molecule has 0 unspecified atom stereocenters. The van der Waals surface area contributed by atoms with Crippen molar-refractivity contribution in [3.63, 3.8) is 0 Å². The van der Waals surface area contributed by atoms with Gasteiger partial charge in [0.05, 0.1) is 55.7 Å². The summed E-state index contributed by atoms with van der Waals surface area (Å²) in [5.41, 5.74) is 31.7. The second-order valence-corrected chi connectivity index (χ2v) is 34.5. The van der Waals surface area contributed by atoms with Crippen LogP contribution in [0.25, 0.3) is 178 Å². The van der Waals surface area contributed by atoms with Gasteiger partial charge in [-0.3, -0.25) is 0 Å². The molecule has 26 rings (SSSR count). The largest absolute Gasteiger partial charge is 0.247 e. The van der Waals surface area contributed by atoms with E-state index in [4.69, 9.17) is 34.9 Å². The molecule has 0 bridgehead atoms. The lowest BCUT2D eigenvalue weighted by atomic mass is 9.67. The lowest BCUT2D eigenvalue weighted by Crippen LogP contribution is -2.32. The van der Waals surface area contributed by atoms with Crippen LogP contribution in [0.4, 0.5) is 0 Å². The fourth-order valence-electron chi connectivity index (χ4n) is 20.1. The number of hydrogen-bond acceptors (Lipinski definition) is 9. The van der Waals surface area contributed by atoms with Gasteiger partial charge in [-0.15, -0.1) is 0 Å². The molecule has 7 heterocycles. The van der Waals surface area contributed by atoms with Crippen LogP contribution in [-0.2, 0) is 10.8 Å². The first-order chi connectivity index (χ1) is 61.4. The molecule has 9 heteroatoms. The van der Waals surface area contributed by atoms with Gasteiger partial charge < -0.3 is 0 Å². The Morgan fingerprint density at radius 2 is 0.492 bits per heavy atom. The third-order valence-corrected chi connectivity index (χ3v) is 27.9. The minimum absolute atomic E-state index is 0.464. The first kappa shape index (κ1) is 71.5. The van der Waals surface area contributed by atoms with E-state index in [0.29, 0.717) is 17.5 Å². The molecule has 0 radical (unpaired) electrons. The second-order valence-electron chi connectivity index (χ2n) is 32.4. The van der Waals surface area contributed by atoms with Gasteiger partial charge in [-0.25, -0.2) is 34.9 Å². The van der Waals surface area contributed by atoms with Gasteiger partial charge in [0.25, 0.3) is 0 Å². The van der Waals surface area contributed by atoms with E-state index >= 15 is 0 Å². The van der Waals surface area contributed by atoms with E-state index in [1.807, 2.05) is 90.3 Å². The minimum atomic E-state index is -0.467. The summed E-state index contributed by atoms with van der Waals surface area (Å²) in [7, 11) is 0. The van der Waals surface area contributed by atoms with Crippen molar-refractivity contribution in [3.8, 4) is 113 Å². The molecule has 0 atom stereocenters. The van der Waals surface area contributed by atoms with Crippen LogP contribution >= 0.6 is 23.5 Å². The van der Waals surface area contributed by atoms with Gasteiger partial charge in [-0.2, -0.15) is 0 Å². The summed E-state index contributed by atoms with van der Waals surface area (Å²) in [4.78, 5) is 41.6. The molecule has 17 aromatic carbocycles. The van der Waals surface area contributed by atoms with Crippen molar-refractivity contribution in [2.75, 3.05) is 0 Å². The highest BCUT2D eigenvalue weighted by atomic mass is 32.2. The van der Waals surface area contributed by atoms with Gasteiger partial charge in [0.15, 0.2) is 17.5 Å². The van der Waals surface area contributed by atoms with Crippen molar-refractivity contribution >= 4 is 88.7 Å². The van der Waals surface area contributed by atoms with Crippen LogP contribution in [-0.4, -0.2) is 34.9 Å². The van der Waals surface area contributed by atoms with Gasteiger partial charge in [0.1, 0.15) is 0 Å². The van der Waals surface area contributed by atoms with Gasteiger partial charge >= 0.3 is 0 Å². The highest BCUT2D eigenvalue weighted by molar-refractivity contribution is 7.99. The molecule has 576 valence electrons. The fourth-order valence-corrected chi connectivity index (χ4v) is 22.6. The Morgan fingerprint density at radius 1 is 0.177 bits per heavy atom. The third kappa shape index (κ3) is 11.2. The summed E-state index contributed by atoms with van der Waals surface area (Å²) in [6.45, 7) is 0. The maximum absolute atomic E-state index is 5.57. The normalized spacial score (nSPS) is 13.2. The molecule has 0 fully saturated rings. The molecule has 0 amide bonds. The number of fused-ring (bicyclic) bond motifs is 27. The van der Waals surface area contributed by atoms with E-state index < -0.39 is 10.8 Å². The Balaban J connectivity index is 0.000000136. The van der Waals surface area contributed by atoms with Gasteiger partial charge in [0, 0.05) is 90.8 Å². The molecule has 124 heavy (non-hydrogen) atoms. The van der Waals surface area contributed by atoms with Crippen LogP contribution in [0.1, 0.15) is 44.5 Å². The summed E-state index contributed by atoms with van der Waals surface area (Å²) < 4.78 is 0. The Kier molecular flexibility index (Phi) is 16.5. The monoisotopic (exact) mass is 1610 g/mol. The summed E-state index contributed by atoms with van der Waals surface area (Å²) in [6, 6.07) is 151. The summed E-state index contributed by atoms with van der Waals surface area (Å²) in [6.07, 6.45) is 0. The molecule has 2 aliphatic carbocycles. The molecule has 0 saturated carbocycles. The van der Waals surface area contributed by atoms with Gasteiger partial charge in [0.2, 0.25) is 0 Å². The van der Waals surface area contributed by atoms with Crippen molar-refractivity contribution in [1.29, 1.82) is 0 Å². The first-order valence-corrected chi connectivity index (χ1v) is 43.7. The Labute approximate surface area is 724 Å². The summed E-state index contributed by atoms with van der Waals surface area (Å²) in [5, 5.41) is 9.08. The molecule has 22 aromatic rings. The minimum Gasteiger partial charge on any atom is -0.247 e. The maximum atomic E-state index is 5.57. The average Bonchev–Trinajstić information content (AvgIpc) is 1.49. The predicted molar refractivity (Wildman–Crippen MR) is 509 cm³/mol. The van der Waals surface area contributed by atoms with Crippen molar-refractivity contribution in [2.45, 2.75) is 30.4 Å². The molecule has 2 aliphatic heterocycles. The van der Waals surface area contributed by atoms with Crippen LogP contribution in [0.3, 0.4) is 0 Å². The Hall–Kier alpha value is -15.4. The second kappa shape index (κ2) is 28.7. The first-order valence-electron chi connectivity index (χ1n) is 42.1. The van der Waals surface area contributed by atoms with E-state index in [-0.39, 0.29) is 0 Å². The lowest BCUT2D eigenvalue weighted by molar-refractivity contribution is 0.724. The molecule has 7 nitrogen and oxygen atoms in total. The lowest BCUT2D eigenvalue weighted by Gasteiger charge is -2.40. The quantitative estimate of drug-likeness (QED) is 0.138. The van der Waals surface area contributed by atoms with E-state index in [0.717, 1.165) is 127 Å². The molecule has 5 aromatic heterocycles. The standard InChI is InChI=1S/C59H36N4S.C56H33N3S/c1-4-16-38(17-5-1)55-47-35-51-54(64-53-27-15-14-26-50(53)59(51)48-24-12-10-22-43(48)44-23-11-13-25-49(44)59)36-46(47)45-33-32-42(34-52(45)60-55)37-28-30-41(31-29-37)58-62-56(39-18-6-2-7-19-39)61-57(63-58)40-20-8-3-9-21-40;1-3-13-34(14-4-1)48-29-26-36-23-24-37-27-30-49(58-55(37)54(36)57-48)38-25-28-41-42-33-52-47(32-43(42)53(59-50(41)31-38)35-15-5-2-6-16-35)56(46-21-11-12-22-51(46)60-52)44-19-9-7-17-39(44)40-18-8-10-20-45(40)56/h1-36H;1-33H. The van der Waals surface area contributed by atoms with E-state index in [1.54, 1.807) is 0 Å². The van der Waals surface area contributed by atoms with Gasteiger partial charge in [-0.1, -0.05) is 381 Å². The molecule has 4 aliphatic rings. The number of nitrogens with zero attached hydrogens (tertiary/aromatic N) is 7. The van der Waals surface area contributed by atoms with Gasteiger partial charge in [-0.05, 0) is 149 Å².